The number of thiophene rings is 1. The standard InChI is InChI=1S/C31H32N2O5S/c1-31(2,3)19-15-16-21-22(17-19)39-29(23(21)30(36)37-4)32-27(34)24-25(18-11-7-5-8-12-18)33(38-26(24)28(32)35)20-13-9-6-10-14-20/h5-14,19,24-26H,15-17H2,1-4H3/t19-,24-,25+,26+/m1/s1. The largest absolute Gasteiger partial charge is 0.465 e. The van der Waals surface area contributed by atoms with Crippen molar-refractivity contribution < 1.29 is 24.0 Å². The average Bonchev–Trinajstić information content (AvgIpc) is 3.58. The highest BCUT2D eigenvalue weighted by Gasteiger charge is 2.61. The maximum absolute atomic E-state index is 14.2. The highest BCUT2D eigenvalue weighted by atomic mass is 32.1. The van der Waals surface area contributed by atoms with E-state index in [0.717, 1.165) is 34.5 Å². The molecule has 7 nitrogen and oxygen atoms in total. The molecule has 0 radical (unpaired) electrons. The molecule has 3 aromatic rings. The Balaban J connectivity index is 1.42. The Hall–Kier alpha value is -3.49. The summed E-state index contributed by atoms with van der Waals surface area (Å²) in [4.78, 5) is 49.8. The third-order valence-corrected chi connectivity index (χ3v) is 9.57. The Morgan fingerprint density at radius 2 is 1.67 bits per heavy atom. The first-order chi connectivity index (χ1) is 18.7. The van der Waals surface area contributed by atoms with Gasteiger partial charge in [-0.15, -0.1) is 11.3 Å². The Kier molecular flexibility index (Phi) is 6.35. The van der Waals surface area contributed by atoms with Crippen molar-refractivity contribution in [3.63, 3.8) is 0 Å². The number of benzene rings is 2. The second-order valence-electron chi connectivity index (χ2n) is 11.6. The van der Waals surface area contributed by atoms with Gasteiger partial charge in [0.05, 0.1) is 24.4 Å². The molecular weight excluding hydrogens is 512 g/mol. The molecule has 0 N–H and O–H groups in total. The van der Waals surface area contributed by atoms with Crippen molar-refractivity contribution in [2.24, 2.45) is 17.3 Å². The smallest absolute Gasteiger partial charge is 0.341 e. The van der Waals surface area contributed by atoms with Gasteiger partial charge in [-0.25, -0.2) is 14.8 Å². The topological polar surface area (TPSA) is 76.2 Å². The lowest BCUT2D eigenvalue weighted by Gasteiger charge is -2.33. The van der Waals surface area contributed by atoms with Gasteiger partial charge in [-0.1, -0.05) is 69.3 Å². The summed E-state index contributed by atoms with van der Waals surface area (Å²) in [6.07, 6.45) is 1.47. The van der Waals surface area contributed by atoms with Gasteiger partial charge in [0.25, 0.3) is 5.91 Å². The molecule has 2 aliphatic heterocycles. The number of carbonyl (C=O) groups is 3. The van der Waals surface area contributed by atoms with Crippen LogP contribution in [0.1, 0.15) is 59.6 Å². The predicted octanol–water partition coefficient (Wildman–Crippen LogP) is 5.74. The van der Waals surface area contributed by atoms with Crippen LogP contribution in [0.15, 0.2) is 60.7 Å². The molecule has 4 atom stereocenters. The molecule has 0 spiro atoms. The van der Waals surface area contributed by atoms with Gasteiger partial charge in [-0.2, -0.15) is 0 Å². The molecule has 39 heavy (non-hydrogen) atoms. The first kappa shape index (κ1) is 25.8. The third kappa shape index (κ3) is 4.17. The van der Waals surface area contributed by atoms with Gasteiger partial charge in [0.15, 0.2) is 6.10 Å². The number of nitrogens with zero attached hydrogens (tertiary/aromatic N) is 2. The van der Waals surface area contributed by atoms with Gasteiger partial charge < -0.3 is 4.74 Å². The van der Waals surface area contributed by atoms with Gasteiger partial charge in [0.1, 0.15) is 10.9 Å². The summed E-state index contributed by atoms with van der Waals surface area (Å²) in [5.41, 5.74) is 3.02. The molecule has 1 aromatic heterocycles. The van der Waals surface area contributed by atoms with E-state index in [1.165, 1.54) is 23.3 Å². The Bertz CT molecular complexity index is 1430. The summed E-state index contributed by atoms with van der Waals surface area (Å²) in [6, 6.07) is 18.7. The van der Waals surface area contributed by atoms with Crippen LogP contribution in [-0.4, -0.2) is 31.0 Å². The number of methoxy groups -OCH3 is 1. The Morgan fingerprint density at radius 1 is 1.00 bits per heavy atom. The van der Waals surface area contributed by atoms with Gasteiger partial charge in [-0.05, 0) is 53.9 Å². The molecule has 3 heterocycles. The van der Waals surface area contributed by atoms with E-state index in [-0.39, 0.29) is 11.3 Å². The third-order valence-electron chi connectivity index (χ3n) is 8.33. The monoisotopic (exact) mass is 544 g/mol. The highest BCUT2D eigenvalue weighted by Crippen LogP contribution is 2.51. The molecular formula is C31H32N2O5S. The number of para-hydroxylation sites is 1. The molecule has 6 rings (SSSR count). The fourth-order valence-corrected chi connectivity index (χ4v) is 7.61. The number of amides is 2. The van der Waals surface area contributed by atoms with E-state index >= 15 is 0 Å². The van der Waals surface area contributed by atoms with Crippen LogP contribution < -0.4 is 9.96 Å². The van der Waals surface area contributed by atoms with Gasteiger partial charge in [0, 0.05) is 4.88 Å². The Morgan fingerprint density at radius 3 is 2.31 bits per heavy atom. The van der Waals surface area contributed by atoms with Crippen LogP contribution in [0.2, 0.25) is 0 Å². The first-order valence-corrected chi connectivity index (χ1v) is 14.2. The zero-order chi connectivity index (χ0) is 27.5. The molecule has 3 aliphatic rings. The number of rotatable bonds is 4. The minimum Gasteiger partial charge on any atom is -0.465 e. The van der Waals surface area contributed by atoms with Crippen molar-refractivity contribution in [1.29, 1.82) is 0 Å². The normalized spacial score (nSPS) is 24.6. The second kappa shape index (κ2) is 9.61. The van der Waals surface area contributed by atoms with Crippen LogP contribution in [-0.2, 0) is 32.0 Å². The van der Waals surface area contributed by atoms with Gasteiger partial charge in [0.2, 0.25) is 5.91 Å². The molecule has 0 bridgehead atoms. The maximum atomic E-state index is 14.2. The van der Waals surface area contributed by atoms with Crippen molar-refractivity contribution in [2.45, 2.75) is 52.2 Å². The summed E-state index contributed by atoms with van der Waals surface area (Å²) >= 11 is 1.38. The fraction of sp³-hybridized carbons (Fsp3) is 0.387. The van der Waals surface area contributed by atoms with E-state index in [2.05, 4.69) is 20.8 Å². The number of imide groups is 1. The van der Waals surface area contributed by atoms with Crippen molar-refractivity contribution in [3.8, 4) is 0 Å². The maximum Gasteiger partial charge on any atom is 0.341 e. The minimum atomic E-state index is -0.991. The molecule has 202 valence electrons. The summed E-state index contributed by atoms with van der Waals surface area (Å²) in [5.74, 6) is -1.63. The van der Waals surface area contributed by atoms with Crippen LogP contribution in [0.25, 0.3) is 0 Å². The van der Waals surface area contributed by atoms with Gasteiger partial charge >= 0.3 is 5.97 Å². The van der Waals surface area contributed by atoms with Crippen LogP contribution in [0, 0.1) is 17.3 Å². The first-order valence-electron chi connectivity index (χ1n) is 13.4. The number of anilines is 2. The van der Waals surface area contributed by atoms with Crippen LogP contribution in [0.4, 0.5) is 10.7 Å². The zero-order valence-electron chi connectivity index (χ0n) is 22.5. The number of ether oxygens (including phenoxy) is 1. The summed E-state index contributed by atoms with van der Waals surface area (Å²) in [5, 5.41) is 2.05. The molecule has 2 amide bonds. The van der Waals surface area contributed by atoms with E-state index in [0.29, 0.717) is 22.9 Å². The van der Waals surface area contributed by atoms with E-state index in [4.69, 9.17) is 9.57 Å². The lowest BCUT2D eigenvalue weighted by Crippen LogP contribution is -2.37. The van der Waals surface area contributed by atoms with E-state index in [1.807, 2.05) is 60.7 Å². The number of hydrogen-bond donors (Lipinski definition) is 0. The number of esters is 1. The number of hydrogen-bond acceptors (Lipinski definition) is 7. The van der Waals surface area contributed by atoms with E-state index in [9.17, 15) is 14.4 Å². The molecule has 0 unspecified atom stereocenters. The minimum absolute atomic E-state index is 0.112. The molecule has 2 saturated heterocycles. The zero-order valence-corrected chi connectivity index (χ0v) is 23.4. The average molecular weight is 545 g/mol. The predicted molar refractivity (Wildman–Crippen MR) is 150 cm³/mol. The number of carbonyl (C=O) groups excluding carboxylic acids is 3. The molecule has 2 aromatic carbocycles. The summed E-state index contributed by atoms with van der Waals surface area (Å²) in [7, 11) is 1.34. The van der Waals surface area contributed by atoms with Crippen LogP contribution in [0.5, 0.6) is 0 Å². The summed E-state index contributed by atoms with van der Waals surface area (Å²) < 4.78 is 5.16. The lowest BCUT2D eigenvalue weighted by atomic mass is 9.72. The van der Waals surface area contributed by atoms with Crippen molar-refractivity contribution in [1.82, 2.24) is 0 Å². The van der Waals surface area contributed by atoms with Crippen molar-refractivity contribution in [3.05, 3.63) is 82.2 Å². The van der Waals surface area contributed by atoms with E-state index in [1.54, 1.807) is 5.06 Å². The SMILES string of the molecule is COC(=O)c1c(N2C(=O)[C@H]3[C@H](ON(c4ccccc4)[C@H]3c3ccccc3)C2=O)sc2c1CC[C@@H](C(C)(C)C)C2. The fourth-order valence-electron chi connectivity index (χ4n) is 6.18. The van der Waals surface area contributed by atoms with Crippen LogP contribution in [0.3, 0.4) is 0 Å². The lowest BCUT2D eigenvalue weighted by molar-refractivity contribution is -0.126. The van der Waals surface area contributed by atoms with Crippen molar-refractivity contribution in [2.75, 3.05) is 17.1 Å². The van der Waals surface area contributed by atoms with Gasteiger partial charge in [-0.3, -0.25) is 14.4 Å². The quantitative estimate of drug-likeness (QED) is 0.308. The Labute approximate surface area is 232 Å². The number of hydroxylamine groups is 1. The summed E-state index contributed by atoms with van der Waals surface area (Å²) in [6.45, 7) is 6.69. The highest BCUT2D eigenvalue weighted by molar-refractivity contribution is 7.17. The molecule has 0 saturated carbocycles. The number of fused-ring (bicyclic) bond motifs is 2. The molecule has 8 heteroatoms. The van der Waals surface area contributed by atoms with E-state index < -0.39 is 29.9 Å². The van der Waals surface area contributed by atoms with Crippen LogP contribution >= 0.6 is 11.3 Å². The van der Waals surface area contributed by atoms with Crippen molar-refractivity contribution >= 4 is 39.8 Å². The second-order valence-corrected chi connectivity index (χ2v) is 12.6. The molecule has 1 aliphatic carbocycles. The molecule has 2 fully saturated rings.